The molecule has 0 atom stereocenters. The Kier molecular flexibility index (Phi) is 6.53. The van der Waals surface area contributed by atoms with Crippen LogP contribution in [0.4, 0.5) is 0 Å². The molecule has 0 aromatic heterocycles. The third-order valence-corrected chi connectivity index (χ3v) is 5.24. The molecule has 0 aromatic carbocycles. The summed E-state index contributed by atoms with van der Waals surface area (Å²) in [4.78, 5) is 14.4. The van der Waals surface area contributed by atoms with Crippen molar-refractivity contribution in [2.75, 3.05) is 26.2 Å². The van der Waals surface area contributed by atoms with Gasteiger partial charge in [0.05, 0.1) is 6.54 Å². The molecule has 1 saturated carbocycles. The van der Waals surface area contributed by atoms with E-state index in [1.165, 1.54) is 57.8 Å². The summed E-state index contributed by atoms with van der Waals surface area (Å²) in [7, 11) is 0. The second kappa shape index (κ2) is 8.17. The Morgan fingerprint density at radius 3 is 2.24 bits per heavy atom. The van der Waals surface area contributed by atoms with Crippen LogP contribution in [0.3, 0.4) is 0 Å². The first-order chi connectivity index (χ1) is 10.1. The van der Waals surface area contributed by atoms with Gasteiger partial charge < -0.3 is 10.2 Å². The molecule has 1 N–H and O–H groups in total. The predicted octanol–water partition coefficient (Wildman–Crippen LogP) is 3.59. The maximum Gasteiger partial charge on any atom is 0.236 e. The Balaban J connectivity index is 1.75. The summed E-state index contributed by atoms with van der Waals surface area (Å²) in [5, 5.41) is 3.50. The van der Waals surface area contributed by atoms with E-state index in [0.29, 0.717) is 17.9 Å². The van der Waals surface area contributed by atoms with E-state index in [2.05, 4.69) is 24.1 Å². The molecule has 0 radical (unpaired) electrons. The lowest BCUT2D eigenvalue weighted by Crippen LogP contribution is -2.42. The number of rotatable bonds is 6. The largest absolute Gasteiger partial charge is 0.342 e. The second-order valence-corrected chi connectivity index (χ2v) is 7.70. The van der Waals surface area contributed by atoms with Crippen LogP contribution in [0.5, 0.6) is 0 Å². The summed E-state index contributed by atoms with van der Waals surface area (Å²) >= 11 is 0. The second-order valence-electron chi connectivity index (χ2n) is 7.70. The molecule has 0 spiro atoms. The van der Waals surface area contributed by atoms with E-state index in [0.717, 1.165) is 25.6 Å². The van der Waals surface area contributed by atoms with Crippen molar-refractivity contribution in [1.29, 1.82) is 0 Å². The fraction of sp³-hybridized carbons (Fsp3) is 0.944. The highest BCUT2D eigenvalue weighted by Gasteiger charge is 2.34. The summed E-state index contributed by atoms with van der Waals surface area (Å²) in [5.41, 5.74) is 0.466. The van der Waals surface area contributed by atoms with E-state index in [9.17, 15) is 4.79 Å². The first-order valence-electron chi connectivity index (χ1n) is 9.10. The molecule has 0 unspecified atom stereocenters. The molecule has 0 aromatic rings. The van der Waals surface area contributed by atoms with Crippen molar-refractivity contribution in [2.45, 2.75) is 71.6 Å². The fourth-order valence-corrected chi connectivity index (χ4v) is 4.31. The highest BCUT2D eigenvalue weighted by atomic mass is 16.2. The van der Waals surface area contributed by atoms with Gasteiger partial charge in [0.2, 0.25) is 5.91 Å². The molecule has 122 valence electrons. The number of amides is 1. The molecule has 3 nitrogen and oxygen atoms in total. The third-order valence-electron chi connectivity index (χ3n) is 5.24. The normalized spacial score (nSPS) is 22.5. The molecule has 1 amide bonds. The van der Waals surface area contributed by atoms with Gasteiger partial charge in [-0.15, -0.1) is 0 Å². The van der Waals surface area contributed by atoms with E-state index < -0.39 is 0 Å². The van der Waals surface area contributed by atoms with E-state index in [1.54, 1.807) is 0 Å². The lowest BCUT2D eigenvalue weighted by molar-refractivity contribution is -0.130. The van der Waals surface area contributed by atoms with E-state index in [1.807, 2.05) is 0 Å². The van der Waals surface area contributed by atoms with Crippen LogP contribution in [-0.2, 0) is 4.79 Å². The van der Waals surface area contributed by atoms with Crippen molar-refractivity contribution in [3.8, 4) is 0 Å². The molecule has 2 aliphatic rings. The Morgan fingerprint density at radius 1 is 1.05 bits per heavy atom. The third kappa shape index (κ3) is 5.28. The zero-order valence-electron chi connectivity index (χ0n) is 14.1. The average Bonchev–Trinajstić information content (AvgIpc) is 2.73. The first-order valence-corrected chi connectivity index (χ1v) is 9.10. The number of nitrogens with zero attached hydrogens (tertiary/aromatic N) is 1. The van der Waals surface area contributed by atoms with Crippen molar-refractivity contribution in [3.05, 3.63) is 0 Å². The van der Waals surface area contributed by atoms with Gasteiger partial charge in [-0.1, -0.05) is 39.5 Å². The monoisotopic (exact) mass is 294 g/mol. The molecule has 0 bridgehead atoms. The zero-order chi connectivity index (χ0) is 15.1. The van der Waals surface area contributed by atoms with Gasteiger partial charge >= 0.3 is 0 Å². The van der Waals surface area contributed by atoms with Crippen LogP contribution in [0.25, 0.3) is 0 Å². The minimum absolute atomic E-state index is 0.314. The van der Waals surface area contributed by atoms with Crippen LogP contribution in [-0.4, -0.2) is 37.0 Å². The number of hydrogen-bond acceptors (Lipinski definition) is 2. The molecule has 1 aliphatic carbocycles. The van der Waals surface area contributed by atoms with Gasteiger partial charge in [0.25, 0.3) is 0 Å². The van der Waals surface area contributed by atoms with Crippen LogP contribution in [0.15, 0.2) is 0 Å². The van der Waals surface area contributed by atoms with Crippen molar-refractivity contribution >= 4 is 5.91 Å². The Labute approximate surface area is 130 Å². The van der Waals surface area contributed by atoms with Crippen molar-refractivity contribution in [3.63, 3.8) is 0 Å². The average molecular weight is 294 g/mol. The predicted molar refractivity (Wildman–Crippen MR) is 88.3 cm³/mol. The minimum Gasteiger partial charge on any atom is -0.342 e. The number of likely N-dealkylation sites (tertiary alicyclic amines) is 1. The minimum atomic E-state index is 0.314. The van der Waals surface area contributed by atoms with Gasteiger partial charge in [0, 0.05) is 19.6 Å². The standard InChI is InChI=1S/C18H34N2O/c1-16(2)13-18(9-5-6-10-18)15-19-14-17(21)20-11-7-3-4-8-12-20/h16,19H,3-15H2,1-2H3. The van der Waals surface area contributed by atoms with Crippen LogP contribution < -0.4 is 5.32 Å². The Hall–Kier alpha value is -0.570. The van der Waals surface area contributed by atoms with Crippen LogP contribution in [0.2, 0.25) is 0 Å². The van der Waals surface area contributed by atoms with Crippen molar-refractivity contribution in [1.82, 2.24) is 10.2 Å². The summed E-state index contributed by atoms with van der Waals surface area (Å²) in [6.07, 6.45) is 11.7. The number of hydrogen-bond donors (Lipinski definition) is 1. The van der Waals surface area contributed by atoms with Crippen LogP contribution >= 0.6 is 0 Å². The summed E-state index contributed by atoms with van der Waals surface area (Å²) in [5.74, 6) is 1.07. The van der Waals surface area contributed by atoms with Crippen LogP contribution in [0.1, 0.15) is 71.6 Å². The highest BCUT2D eigenvalue weighted by Crippen LogP contribution is 2.42. The molecule has 3 heteroatoms. The SMILES string of the molecule is CC(C)CC1(CNCC(=O)N2CCCCCC2)CCCC1. The molecular formula is C18H34N2O. The van der Waals surface area contributed by atoms with Gasteiger partial charge in [-0.3, -0.25) is 4.79 Å². The number of carbonyl (C=O) groups excluding carboxylic acids is 1. The van der Waals surface area contributed by atoms with Gasteiger partial charge in [-0.2, -0.15) is 0 Å². The first kappa shape index (κ1) is 16.8. The van der Waals surface area contributed by atoms with E-state index >= 15 is 0 Å². The maximum absolute atomic E-state index is 12.3. The Bertz CT molecular complexity index is 313. The van der Waals surface area contributed by atoms with E-state index in [-0.39, 0.29) is 0 Å². The van der Waals surface area contributed by atoms with Gasteiger partial charge in [-0.05, 0) is 43.4 Å². The quantitative estimate of drug-likeness (QED) is 0.812. The molecule has 2 fully saturated rings. The van der Waals surface area contributed by atoms with Gasteiger partial charge in [0.1, 0.15) is 0 Å². The highest BCUT2D eigenvalue weighted by molar-refractivity contribution is 5.78. The summed E-state index contributed by atoms with van der Waals surface area (Å²) in [6, 6.07) is 0. The number of nitrogens with one attached hydrogen (secondary N) is 1. The fourth-order valence-electron chi connectivity index (χ4n) is 4.31. The summed E-state index contributed by atoms with van der Waals surface area (Å²) < 4.78 is 0. The Morgan fingerprint density at radius 2 is 1.67 bits per heavy atom. The molecule has 1 heterocycles. The van der Waals surface area contributed by atoms with E-state index in [4.69, 9.17) is 0 Å². The van der Waals surface area contributed by atoms with Crippen molar-refractivity contribution in [2.24, 2.45) is 11.3 Å². The van der Waals surface area contributed by atoms with Gasteiger partial charge in [-0.25, -0.2) is 0 Å². The molecule has 21 heavy (non-hydrogen) atoms. The molecule has 1 saturated heterocycles. The molecule has 2 rings (SSSR count). The zero-order valence-corrected chi connectivity index (χ0v) is 14.1. The molecular weight excluding hydrogens is 260 g/mol. The number of carbonyl (C=O) groups is 1. The lowest BCUT2D eigenvalue weighted by atomic mass is 9.78. The summed E-state index contributed by atoms with van der Waals surface area (Å²) in [6.45, 7) is 8.16. The van der Waals surface area contributed by atoms with Gasteiger partial charge in [0.15, 0.2) is 0 Å². The topological polar surface area (TPSA) is 32.3 Å². The molecule has 1 aliphatic heterocycles. The maximum atomic E-state index is 12.3. The smallest absolute Gasteiger partial charge is 0.236 e. The van der Waals surface area contributed by atoms with Crippen LogP contribution in [0, 0.1) is 11.3 Å². The lowest BCUT2D eigenvalue weighted by Gasteiger charge is -2.31. The van der Waals surface area contributed by atoms with Crippen molar-refractivity contribution < 1.29 is 4.79 Å².